The summed E-state index contributed by atoms with van der Waals surface area (Å²) in [4.78, 5) is 0. The first-order valence-corrected chi connectivity index (χ1v) is 5.49. The normalized spacial score (nSPS) is 10.7. The predicted molar refractivity (Wildman–Crippen MR) is 62.6 cm³/mol. The molecule has 0 spiro atoms. The number of benzene rings is 1. The summed E-state index contributed by atoms with van der Waals surface area (Å²) < 4.78 is 5.71. The van der Waals surface area contributed by atoms with Crippen LogP contribution in [0.1, 0.15) is 31.9 Å². The monoisotopic (exact) mass is 208 g/mol. The molecule has 0 fully saturated rings. The molecule has 0 heterocycles. The quantitative estimate of drug-likeness (QED) is 0.822. The summed E-state index contributed by atoms with van der Waals surface area (Å²) in [6.45, 7) is 8.92. The summed E-state index contributed by atoms with van der Waals surface area (Å²) in [5, 5.41) is 9.58. The van der Waals surface area contributed by atoms with Gasteiger partial charge in [0.05, 0.1) is 6.61 Å². The van der Waals surface area contributed by atoms with Gasteiger partial charge in [0.1, 0.15) is 11.5 Å². The molecule has 0 atom stereocenters. The third kappa shape index (κ3) is 3.15. The van der Waals surface area contributed by atoms with Crippen molar-refractivity contribution in [3.8, 4) is 11.5 Å². The van der Waals surface area contributed by atoms with E-state index in [-0.39, 0.29) is 0 Å². The maximum atomic E-state index is 9.58. The largest absolute Gasteiger partial charge is 0.508 e. The topological polar surface area (TPSA) is 29.5 Å². The Labute approximate surface area is 91.9 Å². The van der Waals surface area contributed by atoms with Gasteiger partial charge in [0, 0.05) is 0 Å². The Hall–Kier alpha value is -1.18. The average molecular weight is 208 g/mol. The average Bonchev–Trinajstić information content (AvgIpc) is 2.19. The van der Waals surface area contributed by atoms with Crippen molar-refractivity contribution >= 4 is 0 Å². The second kappa shape index (κ2) is 5.06. The lowest BCUT2D eigenvalue weighted by molar-refractivity contribution is 0.268. The molecule has 0 aliphatic heterocycles. The van der Waals surface area contributed by atoms with E-state index in [9.17, 15) is 5.11 Å². The summed E-state index contributed by atoms with van der Waals surface area (Å²) in [6.07, 6.45) is 0.876. The van der Waals surface area contributed by atoms with Gasteiger partial charge in [-0.25, -0.2) is 0 Å². The number of phenolic OH excluding ortho intramolecular Hbond substituents is 1. The maximum Gasteiger partial charge on any atom is 0.123 e. The molecule has 0 aliphatic carbocycles. The molecule has 2 nitrogen and oxygen atoms in total. The summed E-state index contributed by atoms with van der Waals surface area (Å²) in [7, 11) is 0. The highest BCUT2D eigenvalue weighted by Gasteiger charge is 2.07. The lowest BCUT2D eigenvalue weighted by atomic mass is 10.1. The van der Waals surface area contributed by atoms with Crippen LogP contribution in [0.25, 0.3) is 0 Å². The number of aromatic hydroxyl groups is 1. The summed E-state index contributed by atoms with van der Waals surface area (Å²) >= 11 is 0. The molecule has 0 unspecified atom stereocenters. The SMILES string of the molecule is CCc1cc(O)c(C)cc1OCC(C)C. The lowest BCUT2D eigenvalue weighted by Crippen LogP contribution is -2.06. The fraction of sp³-hybridized carbons (Fsp3) is 0.538. The predicted octanol–water partition coefficient (Wildman–Crippen LogP) is 3.30. The van der Waals surface area contributed by atoms with E-state index >= 15 is 0 Å². The first-order valence-electron chi connectivity index (χ1n) is 5.49. The van der Waals surface area contributed by atoms with E-state index < -0.39 is 0 Å². The second-order valence-corrected chi connectivity index (χ2v) is 4.30. The van der Waals surface area contributed by atoms with E-state index in [4.69, 9.17) is 4.74 Å². The fourth-order valence-electron chi connectivity index (χ4n) is 1.38. The molecule has 0 aliphatic rings. The van der Waals surface area contributed by atoms with Crippen LogP contribution in [0.3, 0.4) is 0 Å². The smallest absolute Gasteiger partial charge is 0.123 e. The second-order valence-electron chi connectivity index (χ2n) is 4.30. The number of hydrogen-bond donors (Lipinski definition) is 1. The molecule has 0 amide bonds. The molecule has 0 radical (unpaired) electrons. The minimum atomic E-state index is 0.351. The zero-order chi connectivity index (χ0) is 11.4. The van der Waals surface area contributed by atoms with Crippen LogP contribution in [-0.4, -0.2) is 11.7 Å². The van der Waals surface area contributed by atoms with Crippen LogP contribution in [0, 0.1) is 12.8 Å². The van der Waals surface area contributed by atoms with Crippen molar-refractivity contribution in [2.24, 2.45) is 5.92 Å². The molecular weight excluding hydrogens is 188 g/mol. The summed E-state index contributed by atoms with van der Waals surface area (Å²) in [6, 6.07) is 3.71. The molecular formula is C13H20O2. The van der Waals surface area contributed by atoms with Gasteiger partial charge in [-0.15, -0.1) is 0 Å². The number of phenols is 1. The molecule has 0 saturated heterocycles. The van der Waals surface area contributed by atoms with E-state index in [2.05, 4.69) is 20.8 Å². The van der Waals surface area contributed by atoms with Gasteiger partial charge in [-0.2, -0.15) is 0 Å². The molecule has 84 valence electrons. The van der Waals surface area contributed by atoms with Gasteiger partial charge < -0.3 is 9.84 Å². The highest BCUT2D eigenvalue weighted by molar-refractivity contribution is 5.45. The van der Waals surface area contributed by atoms with Crippen LogP contribution >= 0.6 is 0 Å². The Morgan fingerprint density at radius 2 is 2.00 bits per heavy atom. The van der Waals surface area contributed by atoms with Gasteiger partial charge >= 0.3 is 0 Å². The van der Waals surface area contributed by atoms with E-state index in [0.29, 0.717) is 11.7 Å². The molecule has 1 aromatic rings. The van der Waals surface area contributed by atoms with E-state index in [1.165, 1.54) is 0 Å². The van der Waals surface area contributed by atoms with Gasteiger partial charge in [-0.1, -0.05) is 20.8 Å². The van der Waals surface area contributed by atoms with Gasteiger partial charge in [0.15, 0.2) is 0 Å². The van der Waals surface area contributed by atoms with Gasteiger partial charge in [0.2, 0.25) is 0 Å². The zero-order valence-corrected chi connectivity index (χ0v) is 10.0. The van der Waals surface area contributed by atoms with Crippen LogP contribution < -0.4 is 4.74 Å². The molecule has 1 N–H and O–H groups in total. The Morgan fingerprint density at radius 1 is 1.33 bits per heavy atom. The van der Waals surface area contributed by atoms with E-state index in [0.717, 1.165) is 29.9 Å². The fourth-order valence-corrected chi connectivity index (χ4v) is 1.38. The third-order valence-electron chi connectivity index (χ3n) is 2.33. The van der Waals surface area contributed by atoms with E-state index in [1.54, 1.807) is 6.07 Å². The summed E-state index contributed by atoms with van der Waals surface area (Å²) in [5.41, 5.74) is 1.93. The van der Waals surface area contributed by atoms with Crippen molar-refractivity contribution in [2.45, 2.75) is 34.1 Å². The molecule has 0 bridgehead atoms. The van der Waals surface area contributed by atoms with Crippen LogP contribution in [0.15, 0.2) is 12.1 Å². The van der Waals surface area contributed by atoms with Crippen molar-refractivity contribution in [2.75, 3.05) is 6.61 Å². The van der Waals surface area contributed by atoms with Crippen molar-refractivity contribution < 1.29 is 9.84 Å². The number of rotatable bonds is 4. The Kier molecular flexibility index (Phi) is 4.01. The number of hydrogen-bond acceptors (Lipinski definition) is 2. The molecule has 0 saturated carbocycles. The minimum Gasteiger partial charge on any atom is -0.508 e. The molecule has 2 heteroatoms. The van der Waals surface area contributed by atoms with Crippen LogP contribution in [-0.2, 0) is 6.42 Å². The van der Waals surface area contributed by atoms with Crippen LogP contribution in [0.5, 0.6) is 11.5 Å². The Bertz CT molecular complexity index is 330. The first-order chi connectivity index (χ1) is 7.04. The first kappa shape index (κ1) is 11.9. The number of ether oxygens (including phenoxy) is 1. The van der Waals surface area contributed by atoms with Crippen molar-refractivity contribution in [1.82, 2.24) is 0 Å². The van der Waals surface area contributed by atoms with Gasteiger partial charge in [0.25, 0.3) is 0 Å². The molecule has 0 aromatic heterocycles. The zero-order valence-electron chi connectivity index (χ0n) is 10.0. The van der Waals surface area contributed by atoms with Gasteiger partial charge in [-0.3, -0.25) is 0 Å². The molecule has 15 heavy (non-hydrogen) atoms. The van der Waals surface area contributed by atoms with Crippen LogP contribution in [0.4, 0.5) is 0 Å². The molecule has 1 aromatic carbocycles. The lowest BCUT2D eigenvalue weighted by Gasteiger charge is -2.13. The summed E-state index contributed by atoms with van der Waals surface area (Å²) in [5.74, 6) is 1.77. The van der Waals surface area contributed by atoms with E-state index in [1.807, 2.05) is 13.0 Å². The standard InChI is InChI=1S/C13H20O2/c1-5-11-7-12(14)10(4)6-13(11)15-8-9(2)3/h6-7,9,14H,5,8H2,1-4H3. The van der Waals surface area contributed by atoms with Crippen molar-refractivity contribution in [3.05, 3.63) is 23.3 Å². The highest BCUT2D eigenvalue weighted by Crippen LogP contribution is 2.28. The minimum absolute atomic E-state index is 0.351. The molecule has 1 rings (SSSR count). The van der Waals surface area contributed by atoms with Gasteiger partial charge in [-0.05, 0) is 42.5 Å². The maximum absolute atomic E-state index is 9.58. The van der Waals surface area contributed by atoms with Crippen molar-refractivity contribution in [3.63, 3.8) is 0 Å². The van der Waals surface area contributed by atoms with Crippen LogP contribution in [0.2, 0.25) is 0 Å². The van der Waals surface area contributed by atoms with Crippen molar-refractivity contribution in [1.29, 1.82) is 0 Å². The highest BCUT2D eigenvalue weighted by atomic mass is 16.5. The third-order valence-corrected chi connectivity index (χ3v) is 2.33. The number of aryl methyl sites for hydroxylation is 2. The Morgan fingerprint density at radius 3 is 2.53 bits per heavy atom. The Balaban J connectivity index is 2.89.